The molecule has 0 saturated heterocycles. The van der Waals surface area contributed by atoms with Crippen molar-refractivity contribution in [2.75, 3.05) is 10.6 Å². The van der Waals surface area contributed by atoms with Crippen LogP contribution in [0.2, 0.25) is 5.02 Å². The first-order chi connectivity index (χ1) is 9.09. The number of hydrogen-bond donors (Lipinski definition) is 1. The topological polar surface area (TPSA) is 76.3 Å². The first kappa shape index (κ1) is 11.7. The summed E-state index contributed by atoms with van der Waals surface area (Å²) in [6.45, 7) is 0. The number of nitrogen functional groups attached to an aromatic ring is 1. The van der Waals surface area contributed by atoms with Crippen molar-refractivity contribution >= 4 is 34.8 Å². The number of halogens is 1. The van der Waals surface area contributed by atoms with E-state index in [1.807, 2.05) is 0 Å². The summed E-state index contributed by atoms with van der Waals surface area (Å²) in [5, 5.41) is 0.298. The number of rotatable bonds is 1. The maximum Gasteiger partial charge on any atom is 0.267 e. The van der Waals surface area contributed by atoms with Gasteiger partial charge in [-0.2, -0.15) is 0 Å². The van der Waals surface area contributed by atoms with Gasteiger partial charge in [-0.1, -0.05) is 11.6 Å². The Hall–Kier alpha value is -2.40. The Morgan fingerprint density at radius 3 is 2.53 bits per heavy atom. The molecule has 0 aliphatic carbocycles. The maximum atomic E-state index is 12.2. The van der Waals surface area contributed by atoms with Crippen LogP contribution in [0.15, 0.2) is 36.7 Å². The molecule has 5 nitrogen and oxygen atoms in total. The van der Waals surface area contributed by atoms with E-state index in [9.17, 15) is 9.59 Å². The number of hydrogen-bond acceptors (Lipinski definition) is 4. The van der Waals surface area contributed by atoms with Gasteiger partial charge in [0.25, 0.3) is 11.8 Å². The molecular weight excluding hydrogens is 266 g/mol. The number of imide groups is 1. The summed E-state index contributed by atoms with van der Waals surface area (Å²) >= 11 is 5.91. The van der Waals surface area contributed by atoms with Crippen LogP contribution >= 0.6 is 11.6 Å². The highest BCUT2D eigenvalue weighted by molar-refractivity contribution is 6.36. The standard InChI is InChI=1S/C13H8ClN3O2/c14-10-5-7(1-2-11(10)15)17-12(18)8-3-4-16-6-9(8)13(17)19/h1-6H,15H2. The van der Waals surface area contributed by atoms with Gasteiger partial charge in [0, 0.05) is 12.4 Å². The van der Waals surface area contributed by atoms with Crippen molar-refractivity contribution in [2.45, 2.75) is 0 Å². The molecule has 2 aromatic rings. The number of carbonyl (C=O) groups excluding carboxylic acids is 2. The van der Waals surface area contributed by atoms with Gasteiger partial charge in [0.1, 0.15) is 0 Å². The van der Waals surface area contributed by atoms with Crippen LogP contribution < -0.4 is 10.6 Å². The van der Waals surface area contributed by atoms with Crippen LogP contribution in [0.5, 0.6) is 0 Å². The van der Waals surface area contributed by atoms with Gasteiger partial charge in [0.15, 0.2) is 0 Å². The Bertz CT molecular complexity index is 680. The minimum absolute atomic E-state index is 0.292. The molecule has 94 valence electrons. The van der Waals surface area contributed by atoms with Gasteiger partial charge < -0.3 is 5.73 Å². The quantitative estimate of drug-likeness (QED) is 0.638. The lowest BCUT2D eigenvalue weighted by atomic mass is 10.2. The van der Waals surface area contributed by atoms with Gasteiger partial charge in [-0.05, 0) is 24.3 Å². The third-order valence-corrected chi connectivity index (χ3v) is 3.26. The first-order valence-corrected chi connectivity index (χ1v) is 5.85. The van der Waals surface area contributed by atoms with E-state index < -0.39 is 5.91 Å². The van der Waals surface area contributed by atoms with Crippen molar-refractivity contribution in [3.8, 4) is 0 Å². The van der Waals surface area contributed by atoms with Crippen molar-refractivity contribution in [1.82, 2.24) is 4.98 Å². The van der Waals surface area contributed by atoms with Gasteiger partial charge in [0.05, 0.1) is 27.5 Å². The molecule has 0 unspecified atom stereocenters. The maximum absolute atomic E-state index is 12.2. The summed E-state index contributed by atoms with van der Waals surface area (Å²) in [4.78, 5) is 29.3. The molecular formula is C13H8ClN3O2. The summed E-state index contributed by atoms with van der Waals surface area (Å²) < 4.78 is 0. The lowest BCUT2D eigenvalue weighted by Gasteiger charge is -2.14. The third kappa shape index (κ3) is 1.67. The van der Waals surface area contributed by atoms with Gasteiger partial charge in [-0.25, -0.2) is 4.90 Å². The van der Waals surface area contributed by atoms with Gasteiger partial charge >= 0.3 is 0 Å². The normalized spacial score (nSPS) is 13.8. The van der Waals surface area contributed by atoms with E-state index in [1.54, 1.807) is 12.1 Å². The molecule has 0 saturated carbocycles. The highest BCUT2D eigenvalue weighted by Crippen LogP contribution is 2.31. The summed E-state index contributed by atoms with van der Waals surface area (Å²) in [7, 11) is 0. The van der Waals surface area contributed by atoms with Crippen molar-refractivity contribution < 1.29 is 9.59 Å². The summed E-state index contributed by atoms with van der Waals surface area (Å²) in [5.41, 5.74) is 7.03. The Morgan fingerprint density at radius 1 is 1.11 bits per heavy atom. The summed E-state index contributed by atoms with van der Waals surface area (Å²) in [6, 6.07) is 6.15. The molecule has 1 aliphatic rings. The van der Waals surface area contributed by atoms with Crippen LogP contribution in [0, 0.1) is 0 Å². The highest BCUT2D eigenvalue weighted by Gasteiger charge is 2.36. The molecule has 0 bridgehead atoms. The highest BCUT2D eigenvalue weighted by atomic mass is 35.5. The molecule has 19 heavy (non-hydrogen) atoms. The zero-order valence-corrected chi connectivity index (χ0v) is 10.4. The predicted molar refractivity (Wildman–Crippen MR) is 71.2 cm³/mol. The fourth-order valence-corrected chi connectivity index (χ4v) is 2.15. The largest absolute Gasteiger partial charge is 0.398 e. The number of benzene rings is 1. The van der Waals surface area contributed by atoms with Crippen LogP contribution in [0.25, 0.3) is 0 Å². The molecule has 0 spiro atoms. The van der Waals surface area contributed by atoms with Crippen molar-refractivity contribution in [3.05, 3.63) is 52.8 Å². The molecule has 6 heteroatoms. The van der Waals surface area contributed by atoms with Crippen LogP contribution in [0.4, 0.5) is 11.4 Å². The smallest absolute Gasteiger partial charge is 0.267 e. The van der Waals surface area contributed by atoms with Gasteiger partial charge in [0.2, 0.25) is 0 Å². The number of aromatic nitrogens is 1. The van der Waals surface area contributed by atoms with E-state index in [0.29, 0.717) is 27.5 Å². The van der Waals surface area contributed by atoms with E-state index in [4.69, 9.17) is 17.3 Å². The number of anilines is 2. The molecule has 0 radical (unpaired) electrons. The van der Waals surface area contributed by atoms with Crippen LogP contribution in [-0.4, -0.2) is 16.8 Å². The number of amides is 2. The van der Waals surface area contributed by atoms with E-state index in [0.717, 1.165) is 4.90 Å². The first-order valence-electron chi connectivity index (χ1n) is 5.47. The van der Waals surface area contributed by atoms with E-state index in [-0.39, 0.29) is 5.91 Å². The van der Waals surface area contributed by atoms with Crippen molar-refractivity contribution in [3.63, 3.8) is 0 Å². The van der Waals surface area contributed by atoms with E-state index in [1.165, 1.54) is 24.5 Å². The van der Waals surface area contributed by atoms with E-state index >= 15 is 0 Å². The molecule has 1 aromatic carbocycles. The predicted octanol–water partition coefficient (Wildman–Crippen LogP) is 2.12. The minimum Gasteiger partial charge on any atom is -0.398 e. The van der Waals surface area contributed by atoms with Crippen LogP contribution in [-0.2, 0) is 0 Å². The average Bonchev–Trinajstić information content (AvgIpc) is 2.66. The Morgan fingerprint density at radius 2 is 1.84 bits per heavy atom. The molecule has 2 heterocycles. The second kappa shape index (κ2) is 4.07. The molecule has 2 N–H and O–H groups in total. The van der Waals surface area contributed by atoms with Crippen molar-refractivity contribution in [1.29, 1.82) is 0 Å². The van der Waals surface area contributed by atoms with E-state index in [2.05, 4.69) is 4.98 Å². The average molecular weight is 274 g/mol. The molecule has 0 atom stereocenters. The molecule has 1 aromatic heterocycles. The Balaban J connectivity index is 2.11. The zero-order chi connectivity index (χ0) is 13.6. The van der Waals surface area contributed by atoms with Crippen LogP contribution in [0.1, 0.15) is 20.7 Å². The van der Waals surface area contributed by atoms with Gasteiger partial charge in [-0.3, -0.25) is 14.6 Å². The molecule has 0 fully saturated rings. The fourth-order valence-electron chi connectivity index (χ4n) is 1.97. The van der Waals surface area contributed by atoms with Crippen molar-refractivity contribution in [2.24, 2.45) is 0 Å². The Labute approximate surface area is 113 Å². The molecule has 2 amide bonds. The molecule has 1 aliphatic heterocycles. The number of nitrogens with zero attached hydrogens (tertiary/aromatic N) is 2. The Kier molecular flexibility index (Phi) is 2.50. The zero-order valence-electron chi connectivity index (χ0n) is 9.63. The SMILES string of the molecule is Nc1ccc(N2C(=O)c3ccncc3C2=O)cc1Cl. The second-order valence-electron chi connectivity index (χ2n) is 4.07. The number of pyridine rings is 1. The number of carbonyl (C=O) groups is 2. The minimum atomic E-state index is -0.408. The number of nitrogens with two attached hydrogens (primary N) is 1. The lowest BCUT2D eigenvalue weighted by Crippen LogP contribution is -2.29. The summed E-state index contributed by atoms with van der Waals surface area (Å²) in [6.07, 6.45) is 2.86. The second-order valence-corrected chi connectivity index (χ2v) is 4.48. The number of fused-ring (bicyclic) bond motifs is 1. The molecule has 3 rings (SSSR count). The van der Waals surface area contributed by atoms with Crippen LogP contribution in [0.3, 0.4) is 0 Å². The summed E-state index contributed by atoms with van der Waals surface area (Å²) in [5.74, 6) is -0.794. The monoisotopic (exact) mass is 273 g/mol. The third-order valence-electron chi connectivity index (χ3n) is 2.93. The fraction of sp³-hybridized carbons (Fsp3) is 0. The lowest BCUT2D eigenvalue weighted by molar-refractivity contribution is 0.0926. The van der Waals surface area contributed by atoms with Gasteiger partial charge in [-0.15, -0.1) is 0 Å².